The summed E-state index contributed by atoms with van der Waals surface area (Å²) >= 11 is 0. The summed E-state index contributed by atoms with van der Waals surface area (Å²) in [7, 11) is -3.78. The van der Waals surface area contributed by atoms with Crippen LogP contribution in [0.4, 0.5) is 11.4 Å². The Kier molecular flexibility index (Phi) is 4.69. The van der Waals surface area contributed by atoms with Gasteiger partial charge in [-0.25, -0.2) is 8.42 Å². The monoisotopic (exact) mass is 367 g/mol. The molecule has 132 valence electrons. The average molecular weight is 367 g/mol. The van der Waals surface area contributed by atoms with Gasteiger partial charge in [-0.2, -0.15) is 5.26 Å². The molecular weight excluding hydrogens is 350 g/mol. The van der Waals surface area contributed by atoms with E-state index in [4.69, 9.17) is 0 Å². The van der Waals surface area contributed by atoms with E-state index in [0.29, 0.717) is 22.5 Å². The number of rotatable bonds is 4. The SMILES string of the molecule is CC1=C(C#N)CN(c2ccccc2NS(=O)(=O)c2ccccc2)C(O)=C1. The number of allylic oxidation sites excluding steroid dienone is 2. The highest BCUT2D eigenvalue weighted by atomic mass is 32.2. The molecule has 7 heteroatoms. The normalized spacial score (nSPS) is 14.6. The summed E-state index contributed by atoms with van der Waals surface area (Å²) in [6.07, 6.45) is 1.49. The maximum Gasteiger partial charge on any atom is 0.261 e. The lowest BCUT2D eigenvalue weighted by Crippen LogP contribution is -2.29. The van der Waals surface area contributed by atoms with Gasteiger partial charge in [-0.05, 0) is 36.8 Å². The molecule has 0 atom stereocenters. The van der Waals surface area contributed by atoms with E-state index in [9.17, 15) is 18.8 Å². The van der Waals surface area contributed by atoms with Crippen molar-refractivity contribution in [2.45, 2.75) is 11.8 Å². The molecule has 0 unspecified atom stereocenters. The van der Waals surface area contributed by atoms with E-state index >= 15 is 0 Å². The lowest BCUT2D eigenvalue weighted by atomic mass is 10.1. The van der Waals surface area contributed by atoms with Crippen molar-refractivity contribution in [3.8, 4) is 6.07 Å². The Bertz CT molecular complexity index is 1040. The van der Waals surface area contributed by atoms with Crippen LogP contribution in [0.15, 0.2) is 82.6 Å². The Labute approximate surface area is 152 Å². The van der Waals surface area contributed by atoms with Crippen LogP contribution in [-0.4, -0.2) is 20.1 Å². The quantitative estimate of drug-likeness (QED) is 0.862. The van der Waals surface area contributed by atoms with Crippen molar-refractivity contribution < 1.29 is 13.5 Å². The van der Waals surface area contributed by atoms with Gasteiger partial charge in [0.25, 0.3) is 10.0 Å². The number of hydrogen-bond donors (Lipinski definition) is 2. The summed E-state index contributed by atoms with van der Waals surface area (Å²) in [6.45, 7) is 1.91. The molecule has 2 aromatic rings. The largest absolute Gasteiger partial charge is 0.494 e. The van der Waals surface area contributed by atoms with Crippen molar-refractivity contribution in [1.29, 1.82) is 5.26 Å². The van der Waals surface area contributed by atoms with Crippen LogP contribution in [0.25, 0.3) is 0 Å². The van der Waals surface area contributed by atoms with E-state index in [1.54, 1.807) is 49.4 Å². The zero-order valence-corrected chi connectivity index (χ0v) is 14.9. The number of aliphatic hydroxyl groups is 1. The minimum absolute atomic E-state index is 0.0483. The molecule has 0 aliphatic carbocycles. The molecular formula is C19H17N3O3S. The Morgan fingerprint density at radius 2 is 1.77 bits per heavy atom. The highest BCUT2D eigenvalue weighted by Crippen LogP contribution is 2.33. The molecule has 6 nitrogen and oxygen atoms in total. The molecule has 1 heterocycles. The molecule has 0 aromatic heterocycles. The molecule has 3 rings (SSSR count). The maximum atomic E-state index is 12.6. The second kappa shape index (κ2) is 6.94. The number of sulfonamides is 1. The first-order valence-corrected chi connectivity index (χ1v) is 9.35. The van der Waals surface area contributed by atoms with Crippen LogP contribution >= 0.6 is 0 Å². The van der Waals surface area contributed by atoms with Crippen molar-refractivity contribution in [3.05, 3.63) is 77.7 Å². The zero-order valence-electron chi connectivity index (χ0n) is 14.0. The standard InChI is InChI=1S/C19H17N3O3S/c1-14-11-19(23)22(13-15(14)12-20)18-10-6-5-9-17(18)21-26(24,25)16-7-3-2-4-8-16/h2-11,21,23H,13H2,1H3. The fourth-order valence-electron chi connectivity index (χ4n) is 2.65. The van der Waals surface area contributed by atoms with Crippen molar-refractivity contribution in [2.24, 2.45) is 0 Å². The number of aliphatic hydroxyl groups excluding tert-OH is 1. The van der Waals surface area contributed by atoms with Gasteiger partial charge in [0, 0.05) is 6.08 Å². The third-order valence-corrected chi connectivity index (χ3v) is 5.42. The number of anilines is 2. The number of nitriles is 1. The fraction of sp³-hybridized carbons (Fsp3) is 0.105. The van der Waals surface area contributed by atoms with Gasteiger partial charge in [0.1, 0.15) is 0 Å². The van der Waals surface area contributed by atoms with Gasteiger partial charge in [0.2, 0.25) is 0 Å². The molecule has 0 spiro atoms. The third kappa shape index (κ3) is 3.41. The van der Waals surface area contributed by atoms with Crippen LogP contribution in [0, 0.1) is 11.3 Å². The van der Waals surface area contributed by atoms with Gasteiger partial charge >= 0.3 is 0 Å². The van der Waals surface area contributed by atoms with E-state index in [2.05, 4.69) is 10.8 Å². The van der Waals surface area contributed by atoms with Crippen LogP contribution in [0.3, 0.4) is 0 Å². The second-order valence-corrected chi connectivity index (χ2v) is 7.48. The Morgan fingerprint density at radius 3 is 2.46 bits per heavy atom. The number of nitrogens with one attached hydrogen (secondary N) is 1. The number of para-hydroxylation sites is 2. The van der Waals surface area contributed by atoms with Crippen LogP contribution in [-0.2, 0) is 10.0 Å². The summed E-state index contributed by atoms with van der Waals surface area (Å²) in [4.78, 5) is 1.63. The second-order valence-electron chi connectivity index (χ2n) is 5.80. The van der Waals surface area contributed by atoms with E-state index in [0.717, 1.165) is 0 Å². The lowest BCUT2D eigenvalue weighted by Gasteiger charge is -2.29. The highest BCUT2D eigenvalue weighted by molar-refractivity contribution is 7.92. The Balaban J connectivity index is 1.98. The first-order valence-electron chi connectivity index (χ1n) is 7.87. The first kappa shape index (κ1) is 17.6. The molecule has 0 amide bonds. The summed E-state index contributed by atoms with van der Waals surface area (Å²) in [5, 5.41) is 19.6. The van der Waals surface area contributed by atoms with Gasteiger partial charge in [-0.15, -0.1) is 0 Å². The van der Waals surface area contributed by atoms with E-state index < -0.39 is 10.0 Å². The first-order chi connectivity index (χ1) is 12.4. The molecule has 0 saturated heterocycles. The summed E-state index contributed by atoms with van der Waals surface area (Å²) in [5.74, 6) is -0.0483. The maximum absolute atomic E-state index is 12.6. The van der Waals surface area contributed by atoms with Gasteiger partial charge in [0.15, 0.2) is 5.88 Å². The Morgan fingerprint density at radius 1 is 1.12 bits per heavy atom. The topological polar surface area (TPSA) is 93.4 Å². The van der Waals surface area contributed by atoms with E-state index in [1.807, 2.05) is 0 Å². The number of nitrogens with zero attached hydrogens (tertiary/aromatic N) is 2. The van der Waals surface area contributed by atoms with Crippen molar-refractivity contribution in [3.63, 3.8) is 0 Å². The van der Waals surface area contributed by atoms with E-state index in [-0.39, 0.29) is 17.3 Å². The molecule has 0 saturated carbocycles. The minimum Gasteiger partial charge on any atom is -0.494 e. The number of benzene rings is 2. The van der Waals surface area contributed by atoms with Crippen molar-refractivity contribution >= 4 is 21.4 Å². The molecule has 2 aromatic carbocycles. The van der Waals surface area contributed by atoms with Gasteiger partial charge in [-0.3, -0.25) is 4.72 Å². The smallest absolute Gasteiger partial charge is 0.261 e. The highest BCUT2D eigenvalue weighted by Gasteiger charge is 2.23. The predicted octanol–water partition coefficient (Wildman–Crippen LogP) is 3.55. The molecule has 0 bridgehead atoms. The summed E-state index contributed by atoms with van der Waals surface area (Å²) < 4.78 is 27.8. The molecule has 2 N–H and O–H groups in total. The zero-order chi connectivity index (χ0) is 18.7. The van der Waals surface area contributed by atoms with Crippen LogP contribution in [0.2, 0.25) is 0 Å². The molecule has 1 aliphatic rings. The van der Waals surface area contributed by atoms with Crippen LogP contribution in [0.5, 0.6) is 0 Å². The fourth-order valence-corrected chi connectivity index (χ4v) is 3.75. The molecule has 0 radical (unpaired) electrons. The van der Waals surface area contributed by atoms with Crippen molar-refractivity contribution in [1.82, 2.24) is 0 Å². The van der Waals surface area contributed by atoms with Gasteiger partial charge < -0.3 is 10.0 Å². The number of hydrogen-bond acceptors (Lipinski definition) is 5. The summed E-state index contributed by atoms with van der Waals surface area (Å²) in [5.41, 5.74) is 1.96. The Hall–Kier alpha value is -3.24. The van der Waals surface area contributed by atoms with Crippen LogP contribution < -0.4 is 9.62 Å². The predicted molar refractivity (Wildman–Crippen MR) is 100 cm³/mol. The average Bonchev–Trinajstić information content (AvgIpc) is 2.63. The summed E-state index contributed by atoms with van der Waals surface area (Å²) in [6, 6.07) is 16.9. The molecule has 26 heavy (non-hydrogen) atoms. The molecule has 1 aliphatic heterocycles. The third-order valence-electron chi connectivity index (χ3n) is 4.04. The minimum atomic E-state index is -3.78. The van der Waals surface area contributed by atoms with E-state index in [1.165, 1.54) is 23.1 Å². The van der Waals surface area contributed by atoms with Crippen LogP contribution in [0.1, 0.15) is 6.92 Å². The lowest BCUT2D eigenvalue weighted by molar-refractivity contribution is 0.390. The van der Waals surface area contributed by atoms with Gasteiger partial charge in [-0.1, -0.05) is 30.3 Å². The molecule has 0 fully saturated rings. The van der Waals surface area contributed by atoms with Crippen molar-refractivity contribution in [2.75, 3.05) is 16.2 Å². The van der Waals surface area contributed by atoms with Gasteiger partial charge in [0.05, 0.1) is 34.5 Å².